The van der Waals surface area contributed by atoms with E-state index >= 15 is 0 Å². The molecule has 58 heavy (non-hydrogen) atoms. The van der Waals surface area contributed by atoms with Gasteiger partial charge in [0, 0.05) is 50.8 Å². The van der Waals surface area contributed by atoms with Crippen LogP contribution in [-0.4, -0.2) is 87.5 Å². The van der Waals surface area contributed by atoms with Crippen LogP contribution in [-0.2, 0) is 33.1 Å². The number of nitrogens with two attached hydrogens (primary N) is 2. The molecular weight excluding hydrogens is 749 g/mol. The van der Waals surface area contributed by atoms with Crippen molar-refractivity contribution in [1.82, 2.24) is 38.4 Å². The number of fused-ring (bicyclic) bond motifs is 2. The van der Waals surface area contributed by atoms with Gasteiger partial charge in [-0.05, 0) is 57.5 Å². The van der Waals surface area contributed by atoms with Crippen molar-refractivity contribution in [2.75, 3.05) is 31.0 Å². The highest BCUT2D eigenvalue weighted by atomic mass is 16.5. The van der Waals surface area contributed by atoms with E-state index in [0.29, 0.717) is 75.8 Å². The Morgan fingerprint density at radius 3 is 1.93 bits per heavy atom. The zero-order chi connectivity index (χ0) is 41.8. The number of ether oxygens (including phenoxy) is 2. The number of nitrogens with one attached hydrogen (secondary N) is 2. The van der Waals surface area contributed by atoms with E-state index in [1.54, 1.807) is 38.4 Å². The number of allylic oxidation sites excluding steroid dienone is 2. The van der Waals surface area contributed by atoms with E-state index in [1.165, 1.54) is 31.4 Å². The first-order valence-electron chi connectivity index (χ1n) is 18.6. The number of amides is 4. The van der Waals surface area contributed by atoms with Crippen LogP contribution in [0, 0.1) is 13.8 Å². The van der Waals surface area contributed by atoms with E-state index in [1.807, 2.05) is 32.9 Å². The summed E-state index contributed by atoms with van der Waals surface area (Å²) in [4.78, 5) is 65.9. The normalized spacial score (nSPS) is 11.5. The zero-order valence-corrected chi connectivity index (χ0v) is 33.1. The molecule has 7 N–H and O–H groups in total. The van der Waals surface area contributed by atoms with Gasteiger partial charge in [0.25, 0.3) is 11.8 Å². The van der Waals surface area contributed by atoms with Gasteiger partial charge in [0.1, 0.15) is 39.7 Å². The third-order valence-corrected chi connectivity index (χ3v) is 9.53. The molecule has 19 nitrogen and oxygen atoms in total. The molecule has 0 aliphatic carbocycles. The Balaban J connectivity index is 1.42. The molecule has 0 bridgehead atoms. The van der Waals surface area contributed by atoms with Gasteiger partial charge in [-0.25, -0.2) is 15.0 Å². The molecule has 304 valence electrons. The second kappa shape index (κ2) is 17.0. The molecule has 6 rings (SSSR count). The fraction of sp³-hybridized carbons (Fsp3) is 0.333. The van der Waals surface area contributed by atoms with E-state index in [0.717, 1.165) is 0 Å². The minimum Gasteiger partial charge on any atom is -0.494 e. The van der Waals surface area contributed by atoms with Gasteiger partial charge in [-0.3, -0.25) is 34.5 Å². The van der Waals surface area contributed by atoms with Gasteiger partial charge in [-0.1, -0.05) is 19.1 Å². The van der Waals surface area contributed by atoms with Gasteiger partial charge in [-0.15, -0.1) is 0 Å². The first-order valence-corrected chi connectivity index (χ1v) is 18.6. The van der Waals surface area contributed by atoms with Crippen LogP contribution >= 0.6 is 0 Å². The summed E-state index contributed by atoms with van der Waals surface area (Å²) in [5, 5.41) is 19.7. The Bertz CT molecular complexity index is 2590. The number of aliphatic hydroxyl groups is 1. The van der Waals surface area contributed by atoms with Gasteiger partial charge >= 0.3 is 0 Å². The second-order valence-corrected chi connectivity index (χ2v) is 13.4. The molecule has 19 heteroatoms. The molecule has 0 saturated heterocycles. The fourth-order valence-corrected chi connectivity index (χ4v) is 6.67. The number of hydrogen-bond donors (Lipinski definition) is 5. The van der Waals surface area contributed by atoms with Crippen LogP contribution in [0.2, 0.25) is 0 Å². The lowest BCUT2D eigenvalue weighted by Gasteiger charge is -2.13. The number of aliphatic hydroxyl groups excluding tert-OH is 1. The lowest BCUT2D eigenvalue weighted by molar-refractivity contribution is 0.0991. The number of aromatic nitrogens is 8. The van der Waals surface area contributed by atoms with Gasteiger partial charge in [0.05, 0.1) is 36.1 Å². The predicted molar refractivity (Wildman–Crippen MR) is 215 cm³/mol. The summed E-state index contributed by atoms with van der Waals surface area (Å²) in [5.41, 5.74) is 15.2. The number of hydrogen-bond acceptors (Lipinski definition) is 11. The summed E-state index contributed by atoms with van der Waals surface area (Å²) in [7, 11) is 3.21. The lowest BCUT2D eigenvalue weighted by Crippen LogP contribution is -2.20. The van der Waals surface area contributed by atoms with Gasteiger partial charge in [0.2, 0.25) is 23.7 Å². The van der Waals surface area contributed by atoms with Gasteiger partial charge < -0.3 is 39.7 Å². The summed E-state index contributed by atoms with van der Waals surface area (Å²) < 4.78 is 18.4. The van der Waals surface area contributed by atoms with Crippen molar-refractivity contribution in [2.24, 2.45) is 18.5 Å². The highest BCUT2D eigenvalue weighted by molar-refractivity contribution is 6.06. The Labute approximate surface area is 332 Å². The molecule has 4 heterocycles. The number of carbonyl (C=O) groups excluding carboxylic acids is 4. The van der Waals surface area contributed by atoms with Crippen LogP contribution in [0.1, 0.15) is 79.2 Å². The third-order valence-electron chi connectivity index (χ3n) is 9.53. The number of imidazole rings is 3. The average Bonchev–Trinajstić information content (AvgIpc) is 3.93. The van der Waals surface area contributed by atoms with Crippen molar-refractivity contribution in [3.8, 4) is 11.5 Å². The number of nitrogens with zero attached hydrogens (tertiary/aromatic N) is 8. The number of anilines is 2. The molecule has 0 fully saturated rings. The molecule has 0 atom stereocenters. The van der Waals surface area contributed by atoms with E-state index < -0.39 is 23.6 Å². The molecular formula is C39H46N12O7. The molecule has 0 radical (unpaired) electrons. The molecule has 2 aromatic carbocycles. The average molecular weight is 795 g/mol. The van der Waals surface area contributed by atoms with Crippen LogP contribution in [0.4, 0.5) is 11.9 Å². The van der Waals surface area contributed by atoms with Crippen molar-refractivity contribution in [2.45, 2.75) is 60.2 Å². The Hall–Kier alpha value is -7.02. The third kappa shape index (κ3) is 7.97. The molecule has 0 unspecified atom stereocenters. The fourth-order valence-electron chi connectivity index (χ4n) is 6.67. The maximum absolute atomic E-state index is 13.9. The number of carbonyl (C=O) groups is 4. The summed E-state index contributed by atoms with van der Waals surface area (Å²) in [6.45, 7) is 8.16. The van der Waals surface area contributed by atoms with Crippen molar-refractivity contribution in [3.05, 3.63) is 82.2 Å². The minimum absolute atomic E-state index is 0.117. The topological polar surface area (TPSA) is 254 Å². The number of benzene rings is 2. The standard InChI is InChI=1S/C39H46N12O7/c1-7-25-33(48(5)22(4)42-25)37(56)46-39-44-27-18-24(35(41)54)20-30(58-15-11-14-52)32(27)50(39)13-10-9-12-49-31-26(17-23(34(40)53)19-29(31)57-6)43-38(49)45-36(55)28-16-21(3)47-51(28)8-2/h9-10,16-20,52H,7-8,11-15H2,1-6H3,(H2,40,53)(H2,41,54)(H,43,45,55)(H,44,46,56). The summed E-state index contributed by atoms with van der Waals surface area (Å²) in [6.07, 6.45) is 4.48. The minimum atomic E-state index is -0.699. The first kappa shape index (κ1) is 40.6. The highest BCUT2D eigenvalue weighted by Crippen LogP contribution is 2.33. The maximum atomic E-state index is 13.9. The van der Waals surface area contributed by atoms with E-state index in [4.69, 9.17) is 25.9 Å². The summed E-state index contributed by atoms with van der Waals surface area (Å²) in [6, 6.07) is 7.72. The molecule has 0 aliphatic rings. The van der Waals surface area contributed by atoms with Crippen LogP contribution in [0.3, 0.4) is 0 Å². The van der Waals surface area contributed by atoms with Crippen LogP contribution in [0.5, 0.6) is 11.5 Å². The largest absolute Gasteiger partial charge is 0.494 e. The Morgan fingerprint density at radius 2 is 1.40 bits per heavy atom. The van der Waals surface area contributed by atoms with Crippen molar-refractivity contribution < 1.29 is 33.8 Å². The van der Waals surface area contributed by atoms with E-state index in [-0.39, 0.29) is 55.1 Å². The van der Waals surface area contributed by atoms with Crippen molar-refractivity contribution >= 4 is 57.6 Å². The van der Waals surface area contributed by atoms with E-state index in [2.05, 4.69) is 25.7 Å². The van der Waals surface area contributed by atoms with Crippen LogP contribution < -0.4 is 31.6 Å². The number of primary amides is 2. The number of rotatable bonds is 17. The van der Waals surface area contributed by atoms with Crippen LogP contribution in [0.25, 0.3) is 22.1 Å². The van der Waals surface area contributed by atoms with Gasteiger partial charge in [0.15, 0.2) is 0 Å². The maximum Gasteiger partial charge on any atom is 0.276 e. The predicted octanol–water partition coefficient (Wildman–Crippen LogP) is 3.24. The lowest BCUT2D eigenvalue weighted by atomic mass is 10.1. The smallest absolute Gasteiger partial charge is 0.276 e. The molecule has 6 aromatic rings. The molecule has 4 aromatic heterocycles. The zero-order valence-electron chi connectivity index (χ0n) is 33.1. The van der Waals surface area contributed by atoms with Crippen molar-refractivity contribution in [1.29, 1.82) is 0 Å². The quantitative estimate of drug-likeness (QED) is 0.0662. The molecule has 0 saturated carbocycles. The summed E-state index contributed by atoms with van der Waals surface area (Å²) in [5.74, 6) is -0.687. The number of aryl methyl sites for hydroxylation is 4. The molecule has 4 amide bonds. The second-order valence-electron chi connectivity index (χ2n) is 13.4. The first-order chi connectivity index (χ1) is 27.8. The molecule has 0 aliphatic heterocycles. The SMILES string of the molecule is CCc1nc(C)n(C)c1C(=O)Nc1nc2cc(C(N)=O)cc(OCCCO)c2n1CC=CCn1c(NC(=O)c2cc(C)nn2CC)nc2cc(C(N)=O)cc(OC)c21. The van der Waals surface area contributed by atoms with Gasteiger partial charge in [-0.2, -0.15) is 5.10 Å². The van der Waals surface area contributed by atoms with Crippen LogP contribution in [0.15, 0.2) is 42.5 Å². The number of methoxy groups -OCH3 is 1. The summed E-state index contributed by atoms with van der Waals surface area (Å²) >= 11 is 0. The Morgan fingerprint density at radius 1 is 0.828 bits per heavy atom. The Kier molecular flexibility index (Phi) is 11.9. The van der Waals surface area contributed by atoms with E-state index in [9.17, 15) is 24.3 Å². The van der Waals surface area contributed by atoms with Crippen molar-refractivity contribution in [3.63, 3.8) is 0 Å². The monoisotopic (exact) mass is 794 g/mol. The molecule has 0 spiro atoms. The highest BCUT2D eigenvalue weighted by Gasteiger charge is 2.25.